The summed E-state index contributed by atoms with van der Waals surface area (Å²) in [5.74, 6) is -0.327. The highest BCUT2D eigenvalue weighted by Gasteiger charge is 2.20. The molecular weight excluding hydrogens is 462 g/mol. The molecule has 0 bridgehead atoms. The molecule has 9 heteroatoms. The van der Waals surface area contributed by atoms with E-state index in [1.54, 1.807) is 42.9 Å². The first-order valence-corrected chi connectivity index (χ1v) is 12.9. The van der Waals surface area contributed by atoms with Crippen molar-refractivity contribution < 1.29 is 13.2 Å². The zero-order valence-corrected chi connectivity index (χ0v) is 21.2. The minimum atomic E-state index is -3.61. The van der Waals surface area contributed by atoms with Crippen LogP contribution in [0.2, 0.25) is 0 Å². The van der Waals surface area contributed by atoms with E-state index >= 15 is 0 Å². The van der Waals surface area contributed by atoms with Gasteiger partial charge in [-0.25, -0.2) is 22.8 Å². The highest BCUT2D eigenvalue weighted by molar-refractivity contribution is 7.89. The number of pyridine rings is 1. The Morgan fingerprint density at radius 3 is 2.31 bits per heavy atom. The molecule has 0 unspecified atom stereocenters. The van der Waals surface area contributed by atoms with Gasteiger partial charge in [0.1, 0.15) is 0 Å². The lowest BCUT2D eigenvalue weighted by Crippen LogP contribution is -2.30. The van der Waals surface area contributed by atoms with Crippen molar-refractivity contribution in [1.82, 2.24) is 19.5 Å². The molecule has 0 aliphatic rings. The van der Waals surface area contributed by atoms with Gasteiger partial charge in [-0.1, -0.05) is 24.3 Å². The maximum Gasteiger partial charge on any atom is 0.256 e. The largest absolute Gasteiger partial charge is 0.322 e. The summed E-state index contributed by atoms with van der Waals surface area (Å²) in [7, 11) is -3.61. The summed E-state index contributed by atoms with van der Waals surface area (Å²) in [4.78, 5) is 18.4. The Kier molecular flexibility index (Phi) is 6.73. The van der Waals surface area contributed by atoms with Gasteiger partial charge in [0, 0.05) is 23.3 Å². The molecule has 0 atom stereocenters. The molecule has 0 saturated carbocycles. The molecule has 0 spiro atoms. The second kappa shape index (κ2) is 9.59. The van der Waals surface area contributed by atoms with Crippen LogP contribution in [-0.4, -0.2) is 35.1 Å². The van der Waals surface area contributed by atoms with E-state index in [2.05, 4.69) is 15.1 Å². The van der Waals surface area contributed by atoms with E-state index in [1.165, 1.54) is 12.1 Å². The third-order valence-corrected chi connectivity index (χ3v) is 7.21. The van der Waals surface area contributed by atoms with Crippen molar-refractivity contribution in [2.45, 2.75) is 51.6 Å². The zero-order chi connectivity index (χ0) is 25.3. The van der Waals surface area contributed by atoms with Gasteiger partial charge in [-0.3, -0.25) is 4.79 Å². The Morgan fingerprint density at radius 2 is 1.69 bits per heavy atom. The lowest BCUT2D eigenvalue weighted by molar-refractivity contribution is 0.102. The molecule has 1 amide bonds. The van der Waals surface area contributed by atoms with Crippen LogP contribution >= 0.6 is 0 Å². The maximum atomic E-state index is 13.4. The second-order valence-corrected chi connectivity index (χ2v) is 10.8. The summed E-state index contributed by atoms with van der Waals surface area (Å²) in [6, 6.07) is 15.6. The maximum absolute atomic E-state index is 13.4. The van der Waals surface area contributed by atoms with Gasteiger partial charge < -0.3 is 5.32 Å². The lowest BCUT2D eigenvalue weighted by atomic mass is 10.0. The highest BCUT2D eigenvalue weighted by Crippen LogP contribution is 2.29. The predicted molar refractivity (Wildman–Crippen MR) is 138 cm³/mol. The molecule has 0 saturated heterocycles. The first-order valence-electron chi connectivity index (χ1n) is 11.4. The van der Waals surface area contributed by atoms with Crippen molar-refractivity contribution in [1.29, 1.82) is 0 Å². The first kappa shape index (κ1) is 24.6. The number of benzene rings is 2. The number of rotatable bonds is 7. The Morgan fingerprint density at radius 1 is 1.00 bits per heavy atom. The quantitative estimate of drug-likeness (QED) is 0.381. The number of hydrogen-bond donors (Lipinski definition) is 2. The average Bonchev–Trinajstić information content (AvgIpc) is 3.22. The molecule has 0 aliphatic carbocycles. The fourth-order valence-electron chi connectivity index (χ4n) is 3.88. The van der Waals surface area contributed by atoms with Gasteiger partial charge in [0.25, 0.3) is 5.91 Å². The van der Waals surface area contributed by atoms with Gasteiger partial charge in [-0.15, -0.1) is 0 Å². The monoisotopic (exact) mass is 491 g/mol. The van der Waals surface area contributed by atoms with E-state index < -0.39 is 10.0 Å². The predicted octanol–water partition coefficient (Wildman–Crippen LogP) is 4.93. The smallest absolute Gasteiger partial charge is 0.256 e. The molecule has 2 N–H and O–H groups in total. The third-order valence-electron chi connectivity index (χ3n) is 5.53. The van der Waals surface area contributed by atoms with Crippen molar-refractivity contribution in [3.63, 3.8) is 0 Å². The van der Waals surface area contributed by atoms with Gasteiger partial charge in [-0.05, 0) is 70.5 Å². The number of amides is 1. The molecule has 4 rings (SSSR count). The van der Waals surface area contributed by atoms with Crippen molar-refractivity contribution >= 4 is 32.7 Å². The number of aryl methyl sites for hydroxylation is 1. The number of carbonyl (C=O) groups excluding carboxylic acids is 1. The summed E-state index contributed by atoms with van der Waals surface area (Å²) >= 11 is 0. The van der Waals surface area contributed by atoms with E-state index in [-0.39, 0.29) is 22.9 Å². The fraction of sp³-hybridized carbons (Fsp3) is 0.269. The number of nitrogens with zero attached hydrogens (tertiary/aromatic N) is 3. The fourth-order valence-corrected chi connectivity index (χ4v) is 5.13. The summed E-state index contributed by atoms with van der Waals surface area (Å²) in [5.41, 5.74) is 4.23. The SMILES string of the molecule is Cc1ccccc1-c1cc(C(=O)Nc2ccc(S(=O)(=O)NC(C)C)cc2)c2cnn(C(C)C)c2n1. The van der Waals surface area contributed by atoms with Crippen molar-refractivity contribution in [2.75, 3.05) is 5.32 Å². The van der Waals surface area contributed by atoms with Crippen molar-refractivity contribution in [2.24, 2.45) is 0 Å². The number of sulfonamides is 1. The van der Waals surface area contributed by atoms with Gasteiger partial charge in [0.05, 0.1) is 27.7 Å². The second-order valence-electron chi connectivity index (χ2n) is 9.04. The molecule has 0 fully saturated rings. The van der Waals surface area contributed by atoms with E-state index in [0.29, 0.717) is 28.0 Å². The van der Waals surface area contributed by atoms with Gasteiger partial charge in [-0.2, -0.15) is 5.10 Å². The Balaban J connectivity index is 1.72. The van der Waals surface area contributed by atoms with E-state index in [0.717, 1.165) is 11.1 Å². The standard InChI is InChI=1S/C26H29N5O3S/c1-16(2)30-35(33,34)20-12-10-19(11-13-20)28-26(32)22-14-24(21-9-7-6-8-18(21)5)29-25-23(22)15-27-31(25)17(3)4/h6-17,30H,1-5H3,(H,28,32). The Labute approximate surface area is 205 Å². The van der Waals surface area contributed by atoms with Crippen LogP contribution in [0.25, 0.3) is 22.3 Å². The molecular formula is C26H29N5O3S. The molecule has 2 aromatic heterocycles. The van der Waals surface area contributed by atoms with Crippen LogP contribution in [0.15, 0.2) is 65.7 Å². The topological polar surface area (TPSA) is 106 Å². The molecule has 2 heterocycles. The van der Waals surface area contributed by atoms with E-state index in [9.17, 15) is 13.2 Å². The third kappa shape index (κ3) is 5.11. The number of aromatic nitrogens is 3. The van der Waals surface area contributed by atoms with Crippen molar-refractivity contribution in [3.05, 3.63) is 71.9 Å². The number of carbonyl (C=O) groups is 1. The van der Waals surface area contributed by atoms with Crippen LogP contribution in [0.4, 0.5) is 5.69 Å². The van der Waals surface area contributed by atoms with Crippen molar-refractivity contribution in [3.8, 4) is 11.3 Å². The van der Waals surface area contributed by atoms with Crippen LogP contribution in [0.1, 0.15) is 49.7 Å². The molecule has 0 aliphatic heterocycles. The average molecular weight is 492 g/mol. The number of nitrogens with one attached hydrogen (secondary N) is 2. The van der Waals surface area contributed by atoms with Crippen LogP contribution in [0.5, 0.6) is 0 Å². The summed E-state index contributed by atoms with van der Waals surface area (Å²) < 4.78 is 29.1. The van der Waals surface area contributed by atoms with Crippen LogP contribution in [-0.2, 0) is 10.0 Å². The van der Waals surface area contributed by atoms with Crippen LogP contribution in [0, 0.1) is 6.92 Å². The normalized spacial score (nSPS) is 12.0. The molecule has 2 aromatic carbocycles. The summed E-state index contributed by atoms with van der Waals surface area (Å²) in [5, 5.41) is 7.99. The number of anilines is 1. The van der Waals surface area contributed by atoms with E-state index in [1.807, 2.05) is 45.0 Å². The number of hydrogen-bond acceptors (Lipinski definition) is 5. The minimum Gasteiger partial charge on any atom is -0.322 e. The van der Waals surface area contributed by atoms with Gasteiger partial charge in [0.2, 0.25) is 10.0 Å². The van der Waals surface area contributed by atoms with E-state index in [4.69, 9.17) is 4.98 Å². The first-order chi connectivity index (χ1) is 16.6. The summed E-state index contributed by atoms with van der Waals surface area (Å²) in [6.07, 6.45) is 1.66. The summed E-state index contributed by atoms with van der Waals surface area (Å²) in [6.45, 7) is 9.54. The van der Waals surface area contributed by atoms with Gasteiger partial charge >= 0.3 is 0 Å². The molecule has 35 heavy (non-hydrogen) atoms. The minimum absolute atomic E-state index is 0.0666. The lowest BCUT2D eigenvalue weighted by Gasteiger charge is -2.13. The van der Waals surface area contributed by atoms with Gasteiger partial charge in [0.15, 0.2) is 5.65 Å². The molecule has 0 radical (unpaired) electrons. The highest BCUT2D eigenvalue weighted by atomic mass is 32.2. The Bertz CT molecular complexity index is 1490. The molecule has 182 valence electrons. The zero-order valence-electron chi connectivity index (χ0n) is 20.4. The molecule has 4 aromatic rings. The van der Waals surface area contributed by atoms with Crippen LogP contribution in [0.3, 0.4) is 0 Å². The number of fused-ring (bicyclic) bond motifs is 1. The van der Waals surface area contributed by atoms with Crippen LogP contribution < -0.4 is 10.0 Å². The molecule has 8 nitrogen and oxygen atoms in total. The Hall–Kier alpha value is -3.56.